The maximum atomic E-state index is 12.2. The van der Waals surface area contributed by atoms with Crippen molar-refractivity contribution in [3.63, 3.8) is 0 Å². The smallest absolute Gasteiger partial charge is 0.332 e. The minimum atomic E-state index is -1.09. The lowest BCUT2D eigenvalue weighted by atomic mass is 10.1. The fraction of sp³-hybridized carbons (Fsp3) is 0.615. The molecule has 1 aromatic rings. The zero-order chi connectivity index (χ0) is 14.7. The van der Waals surface area contributed by atoms with E-state index in [9.17, 15) is 14.7 Å². The summed E-state index contributed by atoms with van der Waals surface area (Å²) in [5.74, 6) is -1.52. The SMILES string of the molecule is COC1CCC(C(=O)NC(C(=O)O)c2ccnn2C)C1. The summed E-state index contributed by atoms with van der Waals surface area (Å²) < 4.78 is 6.67. The van der Waals surface area contributed by atoms with Crippen LogP contribution < -0.4 is 5.32 Å². The zero-order valence-corrected chi connectivity index (χ0v) is 11.6. The molecule has 2 N–H and O–H groups in total. The molecule has 7 heteroatoms. The molecule has 3 unspecified atom stereocenters. The minimum absolute atomic E-state index is 0.0886. The fourth-order valence-corrected chi connectivity index (χ4v) is 2.58. The van der Waals surface area contributed by atoms with Crippen LogP contribution in [0.3, 0.4) is 0 Å². The summed E-state index contributed by atoms with van der Waals surface area (Å²) in [4.78, 5) is 23.5. The van der Waals surface area contributed by atoms with Gasteiger partial charge in [-0.05, 0) is 25.3 Å². The number of carbonyl (C=O) groups is 2. The summed E-state index contributed by atoms with van der Waals surface area (Å²) in [6.45, 7) is 0. The summed E-state index contributed by atoms with van der Waals surface area (Å²) in [6, 6.07) is 0.516. The Bertz CT molecular complexity index is 500. The molecule has 1 amide bonds. The van der Waals surface area contributed by atoms with Crippen molar-refractivity contribution in [2.75, 3.05) is 7.11 Å². The number of hydrogen-bond donors (Lipinski definition) is 2. The first-order valence-electron chi connectivity index (χ1n) is 6.56. The molecule has 0 saturated heterocycles. The van der Waals surface area contributed by atoms with Crippen LogP contribution in [0, 0.1) is 5.92 Å². The van der Waals surface area contributed by atoms with E-state index in [4.69, 9.17) is 4.74 Å². The predicted octanol–water partition coefficient (Wildman–Crippen LogP) is 0.477. The number of rotatable bonds is 5. The topological polar surface area (TPSA) is 93.4 Å². The third kappa shape index (κ3) is 2.98. The number of ether oxygens (including phenoxy) is 1. The number of aliphatic carboxylic acids is 1. The third-order valence-electron chi connectivity index (χ3n) is 3.78. The minimum Gasteiger partial charge on any atom is -0.479 e. The van der Waals surface area contributed by atoms with Crippen molar-refractivity contribution in [1.29, 1.82) is 0 Å². The first kappa shape index (κ1) is 14.5. The molecule has 7 nitrogen and oxygen atoms in total. The predicted molar refractivity (Wildman–Crippen MR) is 69.9 cm³/mol. The summed E-state index contributed by atoms with van der Waals surface area (Å²) in [6.07, 6.45) is 3.79. The number of carboxylic acids is 1. The quantitative estimate of drug-likeness (QED) is 0.818. The number of methoxy groups -OCH3 is 1. The molecule has 1 aliphatic rings. The number of carboxylic acid groups (broad SMARTS) is 1. The largest absolute Gasteiger partial charge is 0.479 e. The fourth-order valence-electron chi connectivity index (χ4n) is 2.58. The van der Waals surface area contributed by atoms with E-state index in [-0.39, 0.29) is 17.9 Å². The van der Waals surface area contributed by atoms with Crippen molar-refractivity contribution < 1.29 is 19.4 Å². The number of amides is 1. The van der Waals surface area contributed by atoms with Gasteiger partial charge in [-0.1, -0.05) is 0 Å². The van der Waals surface area contributed by atoms with Gasteiger partial charge in [0.2, 0.25) is 5.91 Å². The van der Waals surface area contributed by atoms with E-state index in [0.717, 1.165) is 12.8 Å². The lowest BCUT2D eigenvalue weighted by Crippen LogP contribution is -2.38. The van der Waals surface area contributed by atoms with Gasteiger partial charge in [-0.25, -0.2) is 4.79 Å². The number of aryl methyl sites for hydroxylation is 1. The molecule has 20 heavy (non-hydrogen) atoms. The summed E-state index contributed by atoms with van der Waals surface area (Å²) in [5.41, 5.74) is 0.451. The number of nitrogens with zero attached hydrogens (tertiary/aromatic N) is 2. The van der Waals surface area contributed by atoms with Crippen LogP contribution in [-0.4, -0.2) is 40.0 Å². The highest BCUT2D eigenvalue weighted by molar-refractivity contribution is 5.85. The van der Waals surface area contributed by atoms with E-state index in [1.807, 2.05) is 0 Å². The van der Waals surface area contributed by atoms with Crippen LogP contribution in [0.2, 0.25) is 0 Å². The van der Waals surface area contributed by atoms with Crippen LogP contribution in [0.4, 0.5) is 0 Å². The second-order valence-corrected chi connectivity index (χ2v) is 5.03. The van der Waals surface area contributed by atoms with Gasteiger partial charge in [0.05, 0.1) is 11.8 Å². The van der Waals surface area contributed by atoms with E-state index < -0.39 is 12.0 Å². The first-order chi connectivity index (χ1) is 9.52. The van der Waals surface area contributed by atoms with Gasteiger partial charge in [-0.3, -0.25) is 9.48 Å². The maximum absolute atomic E-state index is 12.2. The Hall–Kier alpha value is -1.89. The van der Waals surface area contributed by atoms with Crippen LogP contribution in [0.5, 0.6) is 0 Å². The lowest BCUT2D eigenvalue weighted by Gasteiger charge is -2.17. The first-order valence-corrected chi connectivity index (χ1v) is 6.56. The Balaban J connectivity index is 2.04. The van der Waals surface area contributed by atoms with Crippen LogP contribution in [0.15, 0.2) is 12.3 Å². The van der Waals surface area contributed by atoms with Gasteiger partial charge in [0.1, 0.15) is 0 Å². The summed E-state index contributed by atoms with van der Waals surface area (Å²) in [7, 11) is 3.27. The molecule has 110 valence electrons. The third-order valence-corrected chi connectivity index (χ3v) is 3.78. The van der Waals surface area contributed by atoms with Crippen LogP contribution in [0.25, 0.3) is 0 Å². The van der Waals surface area contributed by atoms with Gasteiger partial charge in [0.25, 0.3) is 0 Å². The Morgan fingerprint density at radius 2 is 2.30 bits per heavy atom. The summed E-state index contributed by atoms with van der Waals surface area (Å²) in [5, 5.41) is 15.8. The molecule has 0 aromatic carbocycles. The molecule has 1 aromatic heterocycles. The molecule has 0 spiro atoms. The van der Waals surface area contributed by atoms with Crippen molar-refractivity contribution in [1.82, 2.24) is 15.1 Å². The number of carbonyl (C=O) groups excluding carboxylic acids is 1. The van der Waals surface area contributed by atoms with E-state index in [2.05, 4.69) is 10.4 Å². The zero-order valence-electron chi connectivity index (χ0n) is 11.6. The van der Waals surface area contributed by atoms with Gasteiger partial charge in [0, 0.05) is 26.3 Å². The molecule has 1 fully saturated rings. The number of nitrogens with one attached hydrogen (secondary N) is 1. The van der Waals surface area contributed by atoms with Crippen molar-refractivity contribution >= 4 is 11.9 Å². The van der Waals surface area contributed by atoms with Gasteiger partial charge < -0.3 is 15.2 Å². The van der Waals surface area contributed by atoms with E-state index in [0.29, 0.717) is 12.1 Å². The van der Waals surface area contributed by atoms with Crippen LogP contribution in [-0.2, 0) is 21.4 Å². The van der Waals surface area contributed by atoms with Crippen LogP contribution in [0.1, 0.15) is 31.0 Å². The molecule has 0 radical (unpaired) electrons. The normalized spacial score (nSPS) is 23.5. The lowest BCUT2D eigenvalue weighted by molar-refractivity contribution is -0.142. The monoisotopic (exact) mass is 281 g/mol. The van der Waals surface area contributed by atoms with Gasteiger partial charge in [-0.15, -0.1) is 0 Å². The highest BCUT2D eigenvalue weighted by atomic mass is 16.5. The Kier molecular flexibility index (Phi) is 4.39. The molecule has 3 atom stereocenters. The van der Waals surface area contributed by atoms with E-state index in [1.165, 1.54) is 10.9 Å². The average Bonchev–Trinajstić information content (AvgIpc) is 3.04. The Morgan fingerprint density at radius 3 is 2.80 bits per heavy atom. The summed E-state index contributed by atoms with van der Waals surface area (Å²) >= 11 is 0. The molecule has 1 saturated carbocycles. The molecule has 0 bridgehead atoms. The molecular formula is C13H19N3O4. The second-order valence-electron chi connectivity index (χ2n) is 5.03. The van der Waals surface area contributed by atoms with E-state index >= 15 is 0 Å². The molecule has 2 rings (SSSR count). The highest BCUT2D eigenvalue weighted by Gasteiger charge is 2.33. The van der Waals surface area contributed by atoms with Gasteiger partial charge >= 0.3 is 5.97 Å². The maximum Gasteiger partial charge on any atom is 0.332 e. The van der Waals surface area contributed by atoms with Crippen molar-refractivity contribution in [2.45, 2.75) is 31.4 Å². The van der Waals surface area contributed by atoms with Gasteiger partial charge in [-0.2, -0.15) is 5.10 Å². The number of hydrogen-bond acceptors (Lipinski definition) is 4. The Morgan fingerprint density at radius 1 is 1.55 bits per heavy atom. The highest BCUT2D eigenvalue weighted by Crippen LogP contribution is 2.28. The molecule has 0 aliphatic heterocycles. The van der Waals surface area contributed by atoms with Crippen molar-refractivity contribution in [2.24, 2.45) is 13.0 Å². The van der Waals surface area contributed by atoms with Gasteiger partial charge in [0.15, 0.2) is 6.04 Å². The van der Waals surface area contributed by atoms with E-state index in [1.54, 1.807) is 20.2 Å². The van der Waals surface area contributed by atoms with Crippen molar-refractivity contribution in [3.05, 3.63) is 18.0 Å². The molecule has 1 heterocycles. The average molecular weight is 281 g/mol. The Labute approximate surface area is 116 Å². The number of aromatic nitrogens is 2. The molecule has 1 aliphatic carbocycles. The second kappa shape index (κ2) is 6.04. The standard InChI is InChI=1S/C13H19N3O4/c1-16-10(5-6-14-16)11(13(18)19)15-12(17)8-3-4-9(7-8)20-2/h5-6,8-9,11H,3-4,7H2,1-2H3,(H,15,17)(H,18,19). The van der Waals surface area contributed by atoms with Crippen LogP contribution >= 0.6 is 0 Å². The van der Waals surface area contributed by atoms with Crippen molar-refractivity contribution in [3.8, 4) is 0 Å². The molecular weight excluding hydrogens is 262 g/mol.